The maximum Gasteiger partial charge on any atom is 0.251 e. The van der Waals surface area contributed by atoms with Gasteiger partial charge in [0.05, 0.1) is 21.3 Å². The fourth-order valence-corrected chi connectivity index (χ4v) is 2.58. The second kappa shape index (κ2) is 7.73. The Morgan fingerprint density at radius 3 is 2.08 bits per heavy atom. The molecule has 2 aromatic carbocycles. The summed E-state index contributed by atoms with van der Waals surface area (Å²) in [6, 6.07) is 9.11. The summed E-state index contributed by atoms with van der Waals surface area (Å²) in [5.41, 5.74) is 3.65. The van der Waals surface area contributed by atoms with Crippen molar-refractivity contribution in [2.24, 2.45) is 0 Å². The van der Waals surface area contributed by atoms with Crippen LogP contribution in [0.4, 0.5) is 0 Å². The lowest BCUT2D eigenvalue weighted by Crippen LogP contribution is -2.23. The van der Waals surface area contributed by atoms with Gasteiger partial charge < -0.3 is 19.5 Å². The lowest BCUT2D eigenvalue weighted by molar-refractivity contribution is 0.0950. The molecule has 0 aliphatic heterocycles. The fraction of sp³-hybridized carbons (Fsp3) is 0.316. The molecule has 0 aliphatic rings. The molecule has 0 atom stereocenters. The van der Waals surface area contributed by atoms with E-state index in [4.69, 9.17) is 14.2 Å². The van der Waals surface area contributed by atoms with Gasteiger partial charge in [0.25, 0.3) is 5.91 Å². The Morgan fingerprint density at radius 2 is 1.54 bits per heavy atom. The van der Waals surface area contributed by atoms with Gasteiger partial charge in [0.2, 0.25) is 0 Å². The van der Waals surface area contributed by atoms with Crippen molar-refractivity contribution in [2.75, 3.05) is 21.3 Å². The Balaban J connectivity index is 2.20. The Bertz CT molecular complexity index is 718. The third-order valence-corrected chi connectivity index (χ3v) is 3.84. The van der Waals surface area contributed by atoms with Gasteiger partial charge in [0.15, 0.2) is 0 Å². The molecule has 0 spiro atoms. The highest BCUT2D eigenvalue weighted by atomic mass is 16.5. The summed E-state index contributed by atoms with van der Waals surface area (Å²) in [5.74, 6) is 1.72. The molecule has 2 rings (SSSR count). The second-order valence-corrected chi connectivity index (χ2v) is 5.55. The number of aryl methyl sites for hydroxylation is 2. The Labute approximate surface area is 142 Å². The monoisotopic (exact) mass is 329 g/mol. The molecule has 0 aliphatic carbocycles. The molecule has 2 aromatic rings. The lowest BCUT2D eigenvalue weighted by atomic mass is 10.0. The summed E-state index contributed by atoms with van der Waals surface area (Å²) in [6.07, 6.45) is 0. The highest BCUT2D eigenvalue weighted by molar-refractivity contribution is 5.95. The van der Waals surface area contributed by atoms with E-state index in [2.05, 4.69) is 11.4 Å². The van der Waals surface area contributed by atoms with Crippen LogP contribution in [0, 0.1) is 13.8 Å². The average Bonchev–Trinajstić information content (AvgIpc) is 2.59. The Hall–Kier alpha value is -2.69. The molecule has 5 nitrogen and oxygen atoms in total. The second-order valence-electron chi connectivity index (χ2n) is 5.55. The maximum atomic E-state index is 12.5. The molecular formula is C19H23NO4. The Morgan fingerprint density at radius 1 is 0.917 bits per heavy atom. The van der Waals surface area contributed by atoms with Gasteiger partial charge in [-0.05, 0) is 43.2 Å². The molecule has 0 radical (unpaired) electrons. The van der Waals surface area contributed by atoms with Gasteiger partial charge in [0, 0.05) is 23.7 Å². The highest BCUT2D eigenvalue weighted by Crippen LogP contribution is 2.25. The van der Waals surface area contributed by atoms with Gasteiger partial charge in [-0.3, -0.25) is 4.79 Å². The van der Waals surface area contributed by atoms with Crippen LogP contribution >= 0.6 is 0 Å². The summed E-state index contributed by atoms with van der Waals surface area (Å²) in [4.78, 5) is 12.5. The molecule has 0 saturated carbocycles. The van der Waals surface area contributed by atoms with Crippen molar-refractivity contribution in [3.8, 4) is 17.2 Å². The van der Waals surface area contributed by atoms with E-state index in [1.165, 1.54) is 0 Å². The number of carbonyl (C=O) groups excluding carboxylic acids is 1. The quantitative estimate of drug-likeness (QED) is 0.884. The van der Waals surface area contributed by atoms with Crippen molar-refractivity contribution in [1.82, 2.24) is 5.32 Å². The predicted octanol–water partition coefficient (Wildman–Crippen LogP) is 3.26. The Kier molecular flexibility index (Phi) is 5.68. The summed E-state index contributed by atoms with van der Waals surface area (Å²) < 4.78 is 15.8. The van der Waals surface area contributed by atoms with Gasteiger partial charge in [-0.15, -0.1) is 0 Å². The van der Waals surface area contributed by atoms with Crippen molar-refractivity contribution in [3.63, 3.8) is 0 Å². The van der Waals surface area contributed by atoms with E-state index < -0.39 is 0 Å². The van der Waals surface area contributed by atoms with E-state index in [-0.39, 0.29) is 5.91 Å². The topological polar surface area (TPSA) is 56.8 Å². The summed E-state index contributed by atoms with van der Waals surface area (Å²) in [6.45, 7) is 4.40. The maximum absolute atomic E-state index is 12.5. The van der Waals surface area contributed by atoms with Gasteiger partial charge >= 0.3 is 0 Å². The fourth-order valence-electron chi connectivity index (χ4n) is 2.58. The summed E-state index contributed by atoms with van der Waals surface area (Å²) >= 11 is 0. The molecular weight excluding hydrogens is 306 g/mol. The lowest BCUT2D eigenvalue weighted by Gasteiger charge is -2.14. The zero-order valence-corrected chi connectivity index (χ0v) is 14.7. The largest absolute Gasteiger partial charge is 0.497 e. The van der Waals surface area contributed by atoms with Crippen LogP contribution in [0.15, 0.2) is 30.3 Å². The van der Waals surface area contributed by atoms with Crippen LogP contribution < -0.4 is 19.5 Å². The van der Waals surface area contributed by atoms with Crippen molar-refractivity contribution < 1.29 is 19.0 Å². The van der Waals surface area contributed by atoms with Gasteiger partial charge in [0.1, 0.15) is 17.2 Å². The number of rotatable bonds is 6. The molecule has 1 amide bonds. The van der Waals surface area contributed by atoms with Crippen molar-refractivity contribution in [3.05, 3.63) is 52.6 Å². The number of hydrogen-bond acceptors (Lipinski definition) is 4. The third-order valence-electron chi connectivity index (χ3n) is 3.84. The average molecular weight is 329 g/mol. The van der Waals surface area contributed by atoms with E-state index in [1.807, 2.05) is 19.9 Å². The number of carbonyl (C=O) groups is 1. The van der Waals surface area contributed by atoms with E-state index in [0.29, 0.717) is 23.6 Å². The molecule has 5 heteroatoms. The van der Waals surface area contributed by atoms with Crippen molar-refractivity contribution in [2.45, 2.75) is 20.4 Å². The molecule has 0 bridgehead atoms. The molecule has 24 heavy (non-hydrogen) atoms. The van der Waals surface area contributed by atoms with E-state index in [9.17, 15) is 4.79 Å². The number of nitrogens with one attached hydrogen (secondary N) is 1. The molecule has 1 N–H and O–H groups in total. The van der Waals surface area contributed by atoms with Crippen LogP contribution in [0.25, 0.3) is 0 Å². The molecule has 0 fully saturated rings. The number of methoxy groups -OCH3 is 3. The van der Waals surface area contributed by atoms with Gasteiger partial charge in [-0.2, -0.15) is 0 Å². The SMILES string of the molecule is COc1cc(OC)cc(C(=O)NCc2c(C)cc(C)cc2OC)c1. The summed E-state index contributed by atoms with van der Waals surface area (Å²) in [7, 11) is 4.74. The minimum Gasteiger partial charge on any atom is -0.497 e. The number of hydrogen-bond donors (Lipinski definition) is 1. The van der Waals surface area contributed by atoms with E-state index in [0.717, 1.165) is 22.4 Å². The summed E-state index contributed by atoms with van der Waals surface area (Å²) in [5, 5.41) is 2.92. The third kappa shape index (κ3) is 3.98. The van der Waals surface area contributed by atoms with Gasteiger partial charge in [-0.1, -0.05) is 6.07 Å². The number of ether oxygens (including phenoxy) is 3. The van der Waals surface area contributed by atoms with Crippen LogP contribution in [0.1, 0.15) is 27.0 Å². The first kappa shape index (κ1) is 17.7. The van der Waals surface area contributed by atoms with Gasteiger partial charge in [-0.25, -0.2) is 0 Å². The number of benzene rings is 2. The van der Waals surface area contributed by atoms with Crippen molar-refractivity contribution in [1.29, 1.82) is 0 Å². The highest BCUT2D eigenvalue weighted by Gasteiger charge is 2.13. The first-order chi connectivity index (χ1) is 11.5. The minimum absolute atomic E-state index is 0.200. The van der Waals surface area contributed by atoms with Crippen molar-refractivity contribution >= 4 is 5.91 Å². The molecule has 0 heterocycles. The van der Waals surface area contributed by atoms with Crippen LogP contribution in [-0.4, -0.2) is 27.2 Å². The van der Waals surface area contributed by atoms with Crippen LogP contribution in [0.5, 0.6) is 17.2 Å². The molecule has 0 saturated heterocycles. The van der Waals surface area contributed by atoms with Crippen LogP contribution in [0.3, 0.4) is 0 Å². The first-order valence-corrected chi connectivity index (χ1v) is 7.64. The molecule has 0 aromatic heterocycles. The first-order valence-electron chi connectivity index (χ1n) is 7.64. The molecule has 0 unspecified atom stereocenters. The predicted molar refractivity (Wildman–Crippen MR) is 93.2 cm³/mol. The normalized spacial score (nSPS) is 10.2. The van der Waals surface area contributed by atoms with E-state index in [1.54, 1.807) is 39.5 Å². The molecule has 128 valence electrons. The van der Waals surface area contributed by atoms with Crippen LogP contribution in [0.2, 0.25) is 0 Å². The number of amides is 1. The zero-order chi connectivity index (χ0) is 17.7. The van der Waals surface area contributed by atoms with E-state index >= 15 is 0 Å². The smallest absolute Gasteiger partial charge is 0.251 e. The standard InChI is InChI=1S/C19H23NO4/c1-12-6-13(2)17(18(7-12)24-5)11-20-19(21)14-8-15(22-3)10-16(9-14)23-4/h6-10H,11H2,1-5H3,(H,20,21). The van der Waals surface area contributed by atoms with Crippen LogP contribution in [-0.2, 0) is 6.54 Å². The minimum atomic E-state index is -0.200. The zero-order valence-electron chi connectivity index (χ0n) is 14.7.